The van der Waals surface area contributed by atoms with Crippen molar-refractivity contribution in [2.45, 2.75) is 119 Å². The van der Waals surface area contributed by atoms with Gasteiger partial charge >= 0.3 is 0 Å². The van der Waals surface area contributed by atoms with Gasteiger partial charge in [-0.3, -0.25) is 53.4 Å². The lowest BCUT2D eigenvalue weighted by Crippen LogP contribution is -2.62. The van der Waals surface area contributed by atoms with Crippen LogP contribution in [-0.2, 0) is 67.2 Å². The first-order valence-electron chi connectivity index (χ1n) is 25.6. The molecule has 10 amide bonds. The highest BCUT2D eigenvalue weighted by Gasteiger charge is 2.44. The molecule has 4 aromatic rings. The number of hydrogen-bond acceptors (Lipinski definition) is 12. The molecule has 0 spiro atoms. The third-order valence-electron chi connectivity index (χ3n) is 13.8. The molecule has 3 fully saturated rings. The minimum Gasteiger partial charge on any atom is -0.370 e. The van der Waals surface area contributed by atoms with Gasteiger partial charge in [0.15, 0.2) is 5.96 Å². The predicted molar refractivity (Wildman–Crippen MR) is 277 cm³/mol. The molecule has 0 bridgehead atoms. The number of carbonyl (C=O) groups is 10. The van der Waals surface area contributed by atoms with Crippen LogP contribution in [0.5, 0.6) is 0 Å². The highest BCUT2D eigenvalue weighted by atomic mass is 16.2. The molecule has 3 saturated heterocycles. The van der Waals surface area contributed by atoms with E-state index in [-0.39, 0.29) is 64.1 Å². The molecule has 77 heavy (non-hydrogen) atoms. The molecule has 2 aromatic heterocycles. The van der Waals surface area contributed by atoms with E-state index in [1.807, 2.05) is 18.2 Å². The predicted octanol–water partition coefficient (Wildman–Crippen LogP) is -2.90. The van der Waals surface area contributed by atoms with Gasteiger partial charge in [-0.1, -0.05) is 48.5 Å². The molecule has 15 N–H and O–H groups in total. The zero-order chi connectivity index (χ0) is 55.2. The number of carbonyl (C=O) groups excluding carboxylic acids is 10. The lowest BCUT2D eigenvalue weighted by Gasteiger charge is -2.33. The minimum atomic E-state index is -1.62. The topological polar surface area (TPSA) is 394 Å². The first-order chi connectivity index (χ1) is 36.9. The Kier molecular flexibility index (Phi) is 18.9. The molecule has 410 valence electrons. The molecule has 5 heterocycles. The molecule has 2 aromatic carbocycles. The number of nitrogens with two attached hydrogens (primary N) is 2. The number of para-hydroxylation sites is 1. The fraction of sp³-hybridized carbons (Fsp3) is 0.451. The minimum absolute atomic E-state index is 0.0586. The number of aromatic nitrogens is 3. The Morgan fingerprint density at radius 1 is 0.714 bits per heavy atom. The number of guanidine groups is 1. The molecule has 26 heteroatoms. The first kappa shape index (κ1) is 55.9. The van der Waals surface area contributed by atoms with Crippen molar-refractivity contribution in [3.05, 3.63) is 90.1 Å². The van der Waals surface area contributed by atoms with Gasteiger partial charge in [-0.2, -0.15) is 0 Å². The number of benzene rings is 2. The van der Waals surface area contributed by atoms with E-state index < -0.39 is 120 Å². The van der Waals surface area contributed by atoms with Crippen LogP contribution >= 0.6 is 0 Å². The average Bonchev–Trinajstić information content (AvgIpc) is 4.28. The summed E-state index contributed by atoms with van der Waals surface area (Å²) in [6, 6.07) is 4.95. The Balaban J connectivity index is 1.28. The molecule has 0 radical (unpaired) electrons. The van der Waals surface area contributed by atoms with E-state index in [9.17, 15) is 47.9 Å². The van der Waals surface area contributed by atoms with Crippen LogP contribution in [0.3, 0.4) is 0 Å². The second kappa shape index (κ2) is 26.1. The van der Waals surface area contributed by atoms with E-state index >= 15 is 0 Å². The molecule has 3 aliphatic heterocycles. The SMILES string of the molecule is CC(=O)N[C@H]1CC(=O)NC[C@@H](C(=O)N2CCC[C@H]2C(=O)N2CCC[C@H]2C(N)=O)NC(=O)[C@H](Cc2c[nH]c3ccccc23)NC(=O)[C@H](CCCNC(=N)N)NC(=O)[C@@H](Cc2ccccc2)NC(=O)[C@H](Cc2c[nH]cn2)NC1=O. The molecule has 0 saturated carbocycles. The maximum Gasteiger partial charge on any atom is 0.247 e. The van der Waals surface area contributed by atoms with Crippen LogP contribution in [0.2, 0.25) is 0 Å². The number of nitrogens with zero attached hydrogens (tertiary/aromatic N) is 3. The summed E-state index contributed by atoms with van der Waals surface area (Å²) in [6.45, 7) is 0.890. The number of likely N-dealkylation sites (tertiary alicyclic amines) is 2. The van der Waals surface area contributed by atoms with E-state index in [2.05, 4.69) is 57.5 Å². The molecule has 0 aliphatic carbocycles. The Labute approximate surface area is 442 Å². The van der Waals surface area contributed by atoms with Gasteiger partial charge in [-0.25, -0.2) is 4.98 Å². The number of nitrogens with one attached hydrogen (secondary N) is 11. The Hall–Kier alpha value is -8.84. The molecular formula is C51H66N16O10. The van der Waals surface area contributed by atoms with E-state index in [0.717, 1.165) is 6.92 Å². The third-order valence-corrected chi connectivity index (χ3v) is 13.8. The number of primary amides is 1. The molecule has 8 atom stereocenters. The van der Waals surface area contributed by atoms with Gasteiger partial charge < -0.3 is 73.8 Å². The van der Waals surface area contributed by atoms with Crippen LogP contribution in [0.25, 0.3) is 10.9 Å². The quantitative estimate of drug-likeness (QED) is 0.0343. The summed E-state index contributed by atoms with van der Waals surface area (Å²) in [5.74, 6) is -8.35. The van der Waals surface area contributed by atoms with Crippen molar-refractivity contribution in [1.29, 1.82) is 5.41 Å². The van der Waals surface area contributed by atoms with Gasteiger partial charge in [0.1, 0.15) is 48.3 Å². The number of fused-ring (bicyclic) bond motifs is 1. The normalized spacial score (nSPS) is 24.1. The van der Waals surface area contributed by atoms with Crippen LogP contribution in [0.4, 0.5) is 0 Å². The van der Waals surface area contributed by atoms with Gasteiger partial charge in [0, 0.05) is 75.7 Å². The van der Waals surface area contributed by atoms with Crippen LogP contribution in [-0.4, -0.2) is 164 Å². The molecular weight excluding hydrogens is 997 g/mol. The fourth-order valence-electron chi connectivity index (χ4n) is 9.90. The van der Waals surface area contributed by atoms with Gasteiger partial charge in [0.25, 0.3) is 0 Å². The number of amides is 10. The van der Waals surface area contributed by atoms with E-state index in [4.69, 9.17) is 16.9 Å². The van der Waals surface area contributed by atoms with Crippen LogP contribution < -0.4 is 54.0 Å². The first-order valence-corrected chi connectivity index (χ1v) is 25.6. The van der Waals surface area contributed by atoms with Gasteiger partial charge in [0.05, 0.1) is 18.4 Å². The summed E-state index contributed by atoms with van der Waals surface area (Å²) >= 11 is 0. The largest absolute Gasteiger partial charge is 0.370 e. The van der Waals surface area contributed by atoms with Crippen molar-refractivity contribution in [1.82, 2.24) is 67.3 Å². The Bertz CT molecular complexity index is 2820. The standard InChI is InChI=1S/C51H66N16O10/c1-28(68)60-38-23-42(69)58-26-39(49(76)67-19-9-16-41(67)50(77)66-18-8-15-40(66)43(52)70)65-46(73)36(21-30-24-57-33-13-6-5-12-32(30)33)63-44(71)34(14-7-17-56-51(53)54)61-45(72)35(20-29-10-3-2-4-11-29)62-47(74)37(64-48(38)75)22-31-25-55-27-59-31/h2-6,10-13,24-25,27,34-41,57H,7-9,14-23,26H2,1H3,(H2,52,70)(H,55,59)(H,58,69)(H,60,68)(H,61,72)(H,62,74)(H,63,71)(H,64,75)(H,65,73)(H4,53,54,56)/t34-,35+,36-,37-,38-,39-,40-,41-/m0/s1. The second-order valence-electron chi connectivity index (χ2n) is 19.3. The molecule has 3 aliphatic rings. The maximum absolute atomic E-state index is 15.0. The summed E-state index contributed by atoms with van der Waals surface area (Å²) < 4.78 is 0. The third kappa shape index (κ3) is 14.9. The smallest absolute Gasteiger partial charge is 0.247 e. The summed E-state index contributed by atoms with van der Waals surface area (Å²) in [5.41, 5.74) is 13.4. The van der Waals surface area contributed by atoms with Gasteiger partial charge in [-0.05, 0) is 55.7 Å². The zero-order valence-electron chi connectivity index (χ0n) is 42.5. The number of hydrogen-bond donors (Lipinski definition) is 13. The van der Waals surface area contributed by atoms with Crippen molar-refractivity contribution in [2.24, 2.45) is 11.5 Å². The van der Waals surface area contributed by atoms with Crippen LogP contribution in [0.1, 0.15) is 68.7 Å². The summed E-state index contributed by atoms with van der Waals surface area (Å²) in [4.78, 5) is 154. The van der Waals surface area contributed by atoms with Crippen molar-refractivity contribution in [3.63, 3.8) is 0 Å². The van der Waals surface area contributed by atoms with Crippen molar-refractivity contribution in [2.75, 3.05) is 26.2 Å². The van der Waals surface area contributed by atoms with E-state index in [0.29, 0.717) is 47.0 Å². The number of rotatable bonds is 14. The Morgan fingerprint density at radius 2 is 1.32 bits per heavy atom. The molecule has 7 rings (SSSR count). The lowest BCUT2D eigenvalue weighted by atomic mass is 10.0. The number of aromatic amines is 2. The Morgan fingerprint density at radius 3 is 2.00 bits per heavy atom. The van der Waals surface area contributed by atoms with E-state index in [1.54, 1.807) is 42.6 Å². The van der Waals surface area contributed by atoms with Crippen LogP contribution in [0, 0.1) is 5.41 Å². The lowest BCUT2D eigenvalue weighted by molar-refractivity contribution is -0.147. The molecule has 26 nitrogen and oxygen atoms in total. The second-order valence-corrected chi connectivity index (χ2v) is 19.3. The highest BCUT2D eigenvalue weighted by molar-refractivity contribution is 6.00. The zero-order valence-corrected chi connectivity index (χ0v) is 42.5. The summed E-state index contributed by atoms with van der Waals surface area (Å²) in [6.07, 6.45) is 4.78. The number of imidazole rings is 1. The van der Waals surface area contributed by atoms with Crippen molar-refractivity contribution >= 4 is 75.9 Å². The van der Waals surface area contributed by atoms with Crippen molar-refractivity contribution < 1.29 is 47.9 Å². The van der Waals surface area contributed by atoms with Gasteiger partial charge in [-0.15, -0.1) is 0 Å². The summed E-state index contributed by atoms with van der Waals surface area (Å²) in [7, 11) is 0. The summed E-state index contributed by atoms with van der Waals surface area (Å²) in [5, 5.41) is 29.7. The monoisotopic (exact) mass is 1060 g/mol. The van der Waals surface area contributed by atoms with Crippen LogP contribution in [0.15, 0.2) is 73.3 Å². The fourth-order valence-corrected chi connectivity index (χ4v) is 9.90. The van der Waals surface area contributed by atoms with Gasteiger partial charge in [0.2, 0.25) is 59.1 Å². The molecule has 0 unspecified atom stereocenters. The maximum atomic E-state index is 15.0. The highest BCUT2D eigenvalue weighted by Crippen LogP contribution is 2.26. The average molecular weight is 1060 g/mol. The van der Waals surface area contributed by atoms with E-state index in [1.165, 1.54) is 22.3 Å². The van der Waals surface area contributed by atoms with Crippen molar-refractivity contribution in [3.8, 4) is 0 Å². The number of H-pyrrole nitrogens is 2.